The maximum absolute atomic E-state index is 12.6. The molecule has 3 saturated carbocycles. The highest BCUT2D eigenvalue weighted by atomic mass is 16.6. The number of allylic oxidation sites excluding steroid dienone is 1. The molecule has 4 aliphatic carbocycles. The van der Waals surface area contributed by atoms with E-state index in [0.717, 1.165) is 38.5 Å². The molecule has 0 bridgehead atoms. The Labute approximate surface area is 151 Å². The summed E-state index contributed by atoms with van der Waals surface area (Å²) in [6.45, 7) is 8.72. The number of rotatable bonds is 1. The average Bonchev–Trinajstić information content (AvgIpc) is 3.13. The standard InChI is InChI=1S/C22H32O3/c1-13(23)22-20(3)10-8-17-16(18(20)12-21(22,4)25-22)6-5-14-11-15(24)7-9-19(14,17)2/h5,15-18,24H,6-12H2,1-4H3/t15-,16-,17+,18+,19-,20-,21-,22+/m0/s1. The van der Waals surface area contributed by atoms with Crippen molar-refractivity contribution in [2.75, 3.05) is 0 Å². The molecule has 8 atom stereocenters. The van der Waals surface area contributed by atoms with Crippen LogP contribution in [0.25, 0.3) is 0 Å². The number of hydrogen-bond donors (Lipinski definition) is 1. The summed E-state index contributed by atoms with van der Waals surface area (Å²) in [5.41, 5.74) is 1.05. The molecule has 0 radical (unpaired) electrons. The van der Waals surface area contributed by atoms with Crippen molar-refractivity contribution in [2.45, 2.75) is 89.9 Å². The minimum Gasteiger partial charge on any atom is -0.393 e. The van der Waals surface area contributed by atoms with E-state index in [4.69, 9.17) is 4.74 Å². The van der Waals surface area contributed by atoms with Gasteiger partial charge in [0.2, 0.25) is 0 Å². The molecule has 0 aromatic heterocycles. The van der Waals surface area contributed by atoms with Crippen molar-refractivity contribution in [3.8, 4) is 0 Å². The van der Waals surface area contributed by atoms with Gasteiger partial charge in [-0.15, -0.1) is 0 Å². The number of carbonyl (C=O) groups excluding carboxylic acids is 1. The summed E-state index contributed by atoms with van der Waals surface area (Å²) in [7, 11) is 0. The van der Waals surface area contributed by atoms with E-state index in [9.17, 15) is 9.90 Å². The van der Waals surface area contributed by atoms with E-state index in [2.05, 4.69) is 26.8 Å². The second-order valence-corrected chi connectivity index (χ2v) is 10.4. The van der Waals surface area contributed by atoms with Crippen LogP contribution in [0.2, 0.25) is 0 Å². The summed E-state index contributed by atoms with van der Waals surface area (Å²) in [6, 6.07) is 0. The highest BCUT2D eigenvalue weighted by Gasteiger charge is 2.85. The van der Waals surface area contributed by atoms with Crippen LogP contribution in [0.3, 0.4) is 0 Å². The Balaban J connectivity index is 1.53. The van der Waals surface area contributed by atoms with Gasteiger partial charge >= 0.3 is 0 Å². The Hall–Kier alpha value is -0.670. The third kappa shape index (κ3) is 1.69. The zero-order valence-electron chi connectivity index (χ0n) is 16.1. The molecule has 0 aromatic rings. The molecule has 3 nitrogen and oxygen atoms in total. The van der Waals surface area contributed by atoms with Crippen molar-refractivity contribution < 1.29 is 14.6 Å². The molecule has 0 amide bonds. The number of carbonyl (C=O) groups is 1. The van der Waals surface area contributed by atoms with Crippen molar-refractivity contribution in [1.29, 1.82) is 0 Å². The molecule has 1 saturated heterocycles. The molecule has 138 valence electrons. The Morgan fingerprint density at radius 1 is 1.20 bits per heavy atom. The third-order valence-electron chi connectivity index (χ3n) is 9.46. The first kappa shape index (κ1) is 16.5. The fourth-order valence-electron chi connectivity index (χ4n) is 8.26. The van der Waals surface area contributed by atoms with Crippen LogP contribution in [0.5, 0.6) is 0 Å². The van der Waals surface area contributed by atoms with E-state index in [-0.39, 0.29) is 28.3 Å². The van der Waals surface area contributed by atoms with Gasteiger partial charge in [0, 0.05) is 5.41 Å². The molecule has 5 aliphatic rings. The summed E-state index contributed by atoms with van der Waals surface area (Å²) in [5, 5.41) is 10.1. The molecular formula is C22H32O3. The molecule has 5 rings (SSSR count). The third-order valence-corrected chi connectivity index (χ3v) is 9.46. The molecule has 25 heavy (non-hydrogen) atoms. The number of ketones is 1. The van der Waals surface area contributed by atoms with Crippen LogP contribution < -0.4 is 0 Å². The fraction of sp³-hybridized carbons (Fsp3) is 0.864. The van der Waals surface area contributed by atoms with Crippen LogP contribution in [0.1, 0.15) is 72.6 Å². The molecule has 4 fully saturated rings. The van der Waals surface area contributed by atoms with Crippen molar-refractivity contribution in [2.24, 2.45) is 28.6 Å². The lowest BCUT2D eigenvalue weighted by atomic mass is 9.47. The first-order valence-electron chi connectivity index (χ1n) is 10.3. The normalized spacial score (nSPS) is 59.2. The van der Waals surface area contributed by atoms with Crippen LogP contribution in [0.4, 0.5) is 0 Å². The van der Waals surface area contributed by atoms with Crippen molar-refractivity contribution in [1.82, 2.24) is 0 Å². The minimum absolute atomic E-state index is 0.00460. The maximum Gasteiger partial charge on any atom is 0.165 e. The zero-order valence-corrected chi connectivity index (χ0v) is 16.1. The van der Waals surface area contributed by atoms with E-state index >= 15 is 0 Å². The van der Waals surface area contributed by atoms with Gasteiger partial charge in [-0.05, 0) is 82.0 Å². The molecular weight excluding hydrogens is 312 g/mol. The first-order valence-corrected chi connectivity index (χ1v) is 10.3. The van der Waals surface area contributed by atoms with Gasteiger partial charge in [0.15, 0.2) is 11.4 Å². The quantitative estimate of drug-likeness (QED) is 0.577. The van der Waals surface area contributed by atoms with Crippen molar-refractivity contribution >= 4 is 5.78 Å². The molecule has 3 heteroatoms. The average molecular weight is 344 g/mol. The van der Waals surface area contributed by atoms with Crippen molar-refractivity contribution in [3.63, 3.8) is 0 Å². The van der Waals surface area contributed by atoms with Gasteiger partial charge in [-0.2, -0.15) is 0 Å². The molecule has 1 aliphatic heterocycles. The SMILES string of the molecule is CC(=O)[C@]12O[C@@]1(C)C[C@@H]1[C@H]3CC=C4C[C@@H](O)CC[C@]4(C)[C@@H]3CC[C@@]12C. The summed E-state index contributed by atoms with van der Waals surface area (Å²) in [4.78, 5) is 12.6. The van der Waals surface area contributed by atoms with Gasteiger partial charge in [0.05, 0.1) is 6.10 Å². The van der Waals surface area contributed by atoms with Gasteiger partial charge in [-0.25, -0.2) is 0 Å². The van der Waals surface area contributed by atoms with Gasteiger partial charge < -0.3 is 9.84 Å². The highest BCUT2D eigenvalue weighted by Crippen LogP contribution is 2.77. The smallest absolute Gasteiger partial charge is 0.165 e. The van der Waals surface area contributed by atoms with E-state index in [1.807, 2.05) is 0 Å². The molecule has 1 N–H and O–H groups in total. The Bertz CT molecular complexity index is 683. The minimum atomic E-state index is -0.511. The predicted molar refractivity (Wildman–Crippen MR) is 96.0 cm³/mol. The van der Waals surface area contributed by atoms with E-state index < -0.39 is 5.60 Å². The van der Waals surface area contributed by atoms with Gasteiger partial charge in [-0.3, -0.25) is 4.79 Å². The maximum atomic E-state index is 12.6. The molecule has 1 heterocycles. The van der Waals surface area contributed by atoms with E-state index in [1.165, 1.54) is 12.0 Å². The van der Waals surface area contributed by atoms with Crippen molar-refractivity contribution in [3.05, 3.63) is 11.6 Å². The topological polar surface area (TPSA) is 49.8 Å². The number of aliphatic hydroxyl groups excluding tert-OH is 1. The lowest BCUT2D eigenvalue weighted by Crippen LogP contribution is -2.54. The number of epoxide rings is 1. The second kappa shape index (κ2) is 4.59. The lowest BCUT2D eigenvalue weighted by molar-refractivity contribution is -0.135. The monoisotopic (exact) mass is 344 g/mol. The Morgan fingerprint density at radius 3 is 2.68 bits per heavy atom. The second-order valence-electron chi connectivity index (χ2n) is 10.4. The van der Waals surface area contributed by atoms with Gasteiger partial charge in [0.25, 0.3) is 0 Å². The van der Waals surface area contributed by atoms with Crippen LogP contribution in [0, 0.1) is 28.6 Å². The largest absolute Gasteiger partial charge is 0.393 e. The van der Waals surface area contributed by atoms with E-state index in [1.54, 1.807) is 6.92 Å². The van der Waals surface area contributed by atoms with Crippen LogP contribution in [-0.2, 0) is 9.53 Å². The summed E-state index contributed by atoms with van der Waals surface area (Å²) in [6.07, 6.45) is 9.75. The summed E-state index contributed by atoms with van der Waals surface area (Å²) < 4.78 is 6.19. The highest BCUT2D eigenvalue weighted by molar-refractivity contribution is 5.91. The molecule has 0 unspecified atom stereocenters. The van der Waals surface area contributed by atoms with Gasteiger partial charge in [-0.1, -0.05) is 25.5 Å². The fourth-order valence-corrected chi connectivity index (χ4v) is 8.26. The lowest BCUT2D eigenvalue weighted by Gasteiger charge is -2.58. The number of hydrogen-bond acceptors (Lipinski definition) is 3. The first-order chi connectivity index (χ1) is 11.7. The van der Waals surface area contributed by atoms with Crippen LogP contribution >= 0.6 is 0 Å². The number of fused-ring (bicyclic) bond motifs is 7. The number of aliphatic hydroxyl groups is 1. The molecule has 0 aromatic carbocycles. The van der Waals surface area contributed by atoms with E-state index in [0.29, 0.717) is 17.8 Å². The Kier molecular flexibility index (Phi) is 3.03. The molecule has 0 spiro atoms. The predicted octanol–water partition coefficient (Wildman–Crippen LogP) is 4.04. The summed E-state index contributed by atoms with van der Waals surface area (Å²) in [5.74, 6) is 2.23. The van der Waals surface area contributed by atoms with Crippen LogP contribution in [0.15, 0.2) is 11.6 Å². The van der Waals surface area contributed by atoms with Crippen LogP contribution in [-0.4, -0.2) is 28.2 Å². The Morgan fingerprint density at radius 2 is 1.96 bits per heavy atom. The van der Waals surface area contributed by atoms with Gasteiger partial charge in [0.1, 0.15) is 5.60 Å². The summed E-state index contributed by atoms with van der Waals surface area (Å²) >= 11 is 0. The zero-order chi connectivity index (χ0) is 17.8. The number of ether oxygens (including phenoxy) is 1. The number of Topliss-reactive ketones (excluding diaryl/α,β-unsaturated/α-hetero) is 1.